The molecule has 5 nitrogen and oxygen atoms in total. The highest BCUT2D eigenvalue weighted by molar-refractivity contribution is 7.89. The van der Waals surface area contributed by atoms with Crippen LogP contribution in [-0.4, -0.2) is 27.8 Å². The van der Waals surface area contributed by atoms with Crippen LogP contribution in [0.5, 0.6) is 5.75 Å². The molecule has 0 spiro atoms. The second kappa shape index (κ2) is 6.72. The van der Waals surface area contributed by atoms with Crippen LogP contribution in [0.4, 0.5) is 0 Å². The lowest BCUT2D eigenvalue weighted by molar-refractivity contribution is 0.414. The normalized spacial score (nSPS) is 13.3. The van der Waals surface area contributed by atoms with Crippen LogP contribution in [0.3, 0.4) is 0 Å². The molecule has 0 aliphatic carbocycles. The summed E-state index contributed by atoms with van der Waals surface area (Å²) in [4.78, 5) is 0. The minimum Gasteiger partial charge on any atom is -0.497 e. The topological polar surface area (TPSA) is 81.4 Å². The highest BCUT2D eigenvalue weighted by Crippen LogP contribution is 2.16. The van der Waals surface area contributed by atoms with Crippen molar-refractivity contribution in [2.45, 2.75) is 19.4 Å². The number of methoxy groups -OCH3 is 1. The number of ether oxygens (including phenoxy) is 1. The molecule has 1 aromatic carbocycles. The fraction of sp³-hybridized carbons (Fsp3) is 0.500. The number of rotatable bonds is 7. The third kappa shape index (κ3) is 5.48. The third-order valence-corrected chi connectivity index (χ3v) is 3.53. The van der Waals surface area contributed by atoms with Crippen molar-refractivity contribution in [3.8, 4) is 5.75 Å². The molecule has 6 heteroatoms. The maximum Gasteiger partial charge on any atom is 0.209 e. The standard InChI is InChI=1S/C12H20N2O3S/c1-10(14-8-3-9-18(13,15)16)11-4-6-12(17-2)7-5-11/h4-7,10,14H,3,8-9H2,1-2H3,(H2,13,15,16). The van der Waals surface area contributed by atoms with E-state index in [1.165, 1.54) is 0 Å². The van der Waals surface area contributed by atoms with Crippen molar-refractivity contribution in [2.75, 3.05) is 19.4 Å². The SMILES string of the molecule is COc1ccc(C(C)NCCCS(N)(=O)=O)cc1. The van der Waals surface area contributed by atoms with Gasteiger partial charge in [-0.15, -0.1) is 0 Å². The Balaban J connectivity index is 2.38. The van der Waals surface area contributed by atoms with Gasteiger partial charge in [-0.05, 0) is 37.6 Å². The molecule has 0 saturated heterocycles. The number of nitrogens with one attached hydrogen (secondary N) is 1. The Morgan fingerprint density at radius 2 is 1.94 bits per heavy atom. The van der Waals surface area contributed by atoms with Gasteiger partial charge in [-0.2, -0.15) is 0 Å². The van der Waals surface area contributed by atoms with Crippen molar-refractivity contribution in [3.63, 3.8) is 0 Å². The summed E-state index contributed by atoms with van der Waals surface area (Å²) >= 11 is 0. The lowest BCUT2D eigenvalue weighted by Gasteiger charge is -2.14. The molecule has 102 valence electrons. The average molecular weight is 272 g/mol. The van der Waals surface area contributed by atoms with E-state index >= 15 is 0 Å². The summed E-state index contributed by atoms with van der Waals surface area (Å²) in [5.41, 5.74) is 1.13. The zero-order valence-corrected chi connectivity index (χ0v) is 11.5. The Hall–Kier alpha value is -1.11. The second-order valence-electron chi connectivity index (χ2n) is 4.17. The second-order valence-corrected chi connectivity index (χ2v) is 5.90. The van der Waals surface area contributed by atoms with Crippen LogP contribution in [0, 0.1) is 0 Å². The average Bonchev–Trinajstić information content (AvgIpc) is 2.33. The highest BCUT2D eigenvalue weighted by Gasteiger charge is 2.06. The van der Waals surface area contributed by atoms with E-state index in [1.54, 1.807) is 7.11 Å². The smallest absolute Gasteiger partial charge is 0.209 e. The van der Waals surface area contributed by atoms with Crippen molar-refractivity contribution in [1.82, 2.24) is 5.32 Å². The van der Waals surface area contributed by atoms with E-state index < -0.39 is 10.0 Å². The van der Waals surface area contributed by atoms with Crippen LogP contribution in [0.15, 0.2) is 24.3 Å². The van der Waals surface area contributed by atoms with Crippen molar-refractivity contribution >= 4 is 10.0 Å². The van der Waals surface area contributed by atoms with Gasteiger partial charge in [0.05, 0.1) is 12.9 Å². The van der Waals surface area contributed by atoms with Gasteiger partial charge in [-0.1, -0.05) is 12.1 Å². The van der Waals surface area contributed by atoms with Crippen LogP contribution in [0.1, 0.15) is 24.9 Å². The minimum atomic E-state index is -3.35. The molecule has 0 aliphatic rings. The van der Waals surface area contributed by atoms with Crippen molar-refractivity contribution in [3.05, 3.63) is 29.8 Å². The summed E-state index contributed by atoms with van der Waals surface area (Å²) in [6.07, 6.45) is 0.513. The van der Waals surface area contributed by atoms with Gasteiger partial charge in [0.15, 0.2) is 0 Å². The summed E-state index contributed by atoms with van der Waals surface area (Å²) in [7, 11) is -1.72. The number of benzene rings is 1. The quantitative estimate of drug-likeness (QED) is 0.726. The molecular formula is C12H20N2O3S. The molecule has 18 heavy (non-hydrogen) atoms. The van der Waals surface area contributed by atoms with Crippen LogP contribution in [-0.2, 0) is 10.0 Å². The molecule has 0 aliphatic heterocycles. The first kappa shape index (κ1) is 14.9. The molecule has 0 bridgehead atoms. The van der Waals surface area contributed by atoms with E-state index in [4.69, 9.17) is 9.88 Å². The summed E-state index contributed by atoms with van der Waals surface area (Å²) in [6.45, 7) is 2.64. The summed E-state index contributed by atoms with van der Waals surface area (Å²) in [5, 5.41) is 8.17. The maximum atomic E-state index is 10.8. The fourth-order valence-corrected chi connectivity index (χ4v) is 2.15. The maximum absolute atomic E-state index is 10.8. The van der Waals surface area contributed by atoms with Gasteiger partial charge < -0.3 is 10.1 Å². The van der Waals surface area contributed by atoms with Gasteiger partial charge in [-0.25, -0.2) is 13.6 Å². The fourth-order valence-electron chi connectivity index (χ4n) is 1.60. The molecule has 1 atom stereocenters. The third-order valence-electron chi connectivity index (χ3n) is 2.67. The molecule has 0 fully saturated rings. The molecule has 0 heterocycles. The van der Waals surface area contributed by atoms with E-state index in [-0.39, 0.29) is 11.8 Å². The van der Waals surface area contributed by atoms with E-state index in [0.29, 0.717) is 13.0 Å². The monoisotopic (exact) mass is 272 g/mol. The number of hydrogen-bond donors (Lipinski definition) is 2. The molecule has 0 radical (unpaired) electrons. The lowest BCUT2D eigenvalue weighted by Crippen LogP contribution is -2.24. The van der Waals surface area contributed by atoms with Crippen LogP contribution < -0.4 is 15.2 Å². The van der Waals surface area contributed by atoms with Gasteiger partial charge in [0.25, 0.3) is 0 Å². The minimum absolute atomic E-state index is 0.00926. The molecule has 0 amide bonds. The van der Waals surface area contributed by atoms with Crippen LogP contribution in [0.2, 0.25) is 0 Å². The number of sulfonamides is 1. The van der Waals surface area contributed by atoms with E-state index in [0.717, 1.165) is 11.3 Å². The molecule has 1 unspecified atom stereocenters. The first-order valence-corrected chi connectivity index (χ1v) is 7.52. The first-order valence-electron chi connectivity index (χ1n) is 5.80. The number of nitrogens with two attached hydrogens (primary N) is 1. The molecular weight excluding hydrogens is 252 g/mol. The van der Waals surface area contributed by atoms with Gasteiger partial charge in [0.2, 0.25) is 10.0 Å². The zero-order valence-electron chi connectivity index (χ0n) is 10.7. The van der Waals surface area contributed by atoms with Gasteiger partial charge in [0, 0.05) is 6.04 Å². The highest BCUT2D eigenvalue weighted by atomic mass is 32.2. The molecule has 1 aromatic rings. The summed E-state index contributed by atoms with van der Waals surface area (Å²) in [6, 6.07) is 7.93. The van der Waals surface area contributed by atoms with E-state index in [1.807, 2.05) is 31.2 Å². The van der Waals surface area contributed by atoms with E-state index in [9.17, 15) is 8.42 Å². The van der Waals surface area contributed by atoms with Crippen molar-refractivity contribution in [2.24, 2.45) is 5.14 Å². The summed E-state index contributed by atoms with van der Waals surface area (Å²) in [5.74, 6) is 0.829. The largest absolute Gasteiger partial charge is 0.497 e. The molecule has 3 N–H and O–H groups in total. The Kier molecular flexibility index (Phi) is 5.58. The lowest BCUT2D eigenvalue weighted by atomic mass is 10.1. The zero-order chi connectivity index (χ0) is 13.6. The predicted molar refractivity (Wildman–Crippen MR) is 72.0 cm³/mol. The molecule has 0 aromatic heterocycles. The molecule has 0 saturated carbocycles. The number of primary sulfonamides is 1. The van der Waals surface area contributed by atoms with Crippen molar-refractivity contribution in [1.29, 1.82) is 0 Å². The Morgan fingerprint density at radius 3 is 2.44 bits per heavy atom. The van der Waals surface area contributed by atoms with Crippen LogP contribution >= 0.6 is 0 Å². The first-order chi connectivity index (χ1) is 8.42. The van der Waals surface area contributed by atoms with Gasteiger partial charge >= 0.3 is 0 Å². The van der Waals surface area contributed by atoms with E-state index in [2.05, 4.69) is 5.32 Å². The molecule has 1 rings (SSSR count). The Morgan fingerprint density at radius 1 is 1.33 bits per heavy atom. The predicted octanol–water partition coefficient (Wildman–Crippen LogP) is 1.02. The van der Waals surface area contributed by atoms with Gasteiger partial charge in [0.1, 0.15) is 5.75 Å². The Bertz CT molecular complexity index is 457. The van der Waals surface area contributed by atoms with Crippen LogP contribution in [0.25, 0.3) is 0 Å². The number of hydrogen-bond acceptors (Lipinski definition) is 4. The Labute approximate surface area is 108 Å². The summed E-state index contributed by atoms with van der Waals surface area (Å²) < 4.78 is 26.6. The van der Waals surface area contributed by atoms with Crippen molar-refractivity contribution < 1.29 is 13.2 Å². The van der Waals surface area contributed by atoms with Gasteiger partial charge in [-0.3, -0.25) is 0 Å².